The minimum absolute atomic E-state index is 0.0349. The van der Waals surface area contributed by atoms with Crippen molar-refractivity contribution >= 4 is 28.3 Å². The average molecular weight is 310 g/mol. The number of rotatable bonds is 2. The molecular formula is C18H14O5. The second-order valence-corrected chi connectivity index (χ2v) is 5.30. The third kappa shape index (κ3) is 2.21. The maximum Gasteiger partial charge on any atom is 0.338 e. The van der Waals surface area contributed by atoms with E-state index in [-0.39, 0.29) is 22.4 Å². The molecule has 0 fully saturated rings. The smallest absolute Gasteiger partial charge is 0.338 e. The Kier molecular flexibility index (Phi) is 3.48. The van der Waals surface area contributed by atoms with E-state index < -0.39 is 17.5 Å². The molecule has 0 aromatic heterocycles. The first-order valence-corrected chi connectivity index (χ1v) is 6.98. The molecule has 0 saturated carbocycles. The van der Waals surface area contributed by atoms with Crippen LogP contribution in [-0.2, 0) is 9.47 Å². The Labute approximate surface area is 132 Å². The molecular weight excluding hydrogens is 296 g/mol. The van der Waals surface area contributed by atoms with Crippen molar-refractivity contribution in [2.75, 3.05) is 14.2 Å². The molecule has 0 saturated heterocycles. The molecule has 2 aromatic carbocycles. The normalized spacial score (nSPS) is 13.6. The zero-order valence-electron chi connectivity index (χ0n) is 12.9. The first-order valence-electron chi connectivity index (χ1n) is 6.98. The molecule has 0 spiro atoms. The number of fused-ring (bicyclic) bond motifs is 3. The van der Waals surface area contributed by atoms with Crippen LogP contribution in [0.3, 0.4) is 0 Å². The Balaban J connectivity index is 2.47. The van der Waals surface area contributed by atoms with Crippen LogP contribution in [-0.4, -0.2) is 31.8 Å². The predicted molar refractivity (Wildman–Crippen MR) is 83.8 cm³/mol. The van der Waals surface area contributed by atoms with E-state index in [1.165, 1.54) is 14.2 Å². The SMILES string of the molecule is COC(=O)c1cc2ccc(C)cc2c2c1C(=O)C=C(OC)C2=O. The van der Waals surface area contributed by atoms with Gasteiger partial charge in [0, 0.05) is 17.2 Å². The number of esters is 1. The molecule has 0 heterocycles. The number of carbonyl (C=O) groups is 3. The zero-order chi connectivity index (χ0) is 16.7. The monoisotopic (exact) mass is 310 g/mol. The quantitative estimate of drug-likeness (QED) is 0.798. The van der Waals surface area contributed by atoms with E-state index in [2.05, 4.69) is 0 Å². The van der Waals surface area contributed by atoms with E-state index >= 15 is 0 Å². The fourth-order valence-corrected chi connectivity index (χ4v) is 2.80. The largest absolute Gasteiger partial charge is 0.492 e. The van der Waals surface area contributed by atoms with E-state index in [1.54, 1.807) is 12.1 Å². The molecule has 0 amide bonds. The van der Waals surface area contributed by atoms with Crippen LogP contribution < -0.4 is 0 Å². The number of ether oxygens (including phenoxy) is 2. The number of aryl methyl sites for hydroxylation is 1. The molecule has 0 aliphatic heterocycles. The fraction of sp³-hybridized carbons (Fsp3) is 0.167. The molecule has 0 atom stereocenters. The Morgan fingerprint density at radius 3 is 2.43 bits per heavy atom. The summed E-state index contributed by atoms with van der Waals surface area (Å²) >= 11 is 0. The summed E-state index contributed by atoms with van der Waals surface area (Å²) in [6.07, 6.45) is 1.11. The van der Waals surface area contributed by atoms with Gasteiger partial charge in [-0.15, -0.1) is 0 Å². The summed E-state index contributed by atoms with van der Waals surface area (Å²) in [5.41, 5.74) is 1.29. The van der Waals surface area contributed by atoms with Crippen LogP contribution in [0.5, 0.6) is 0 Å². The molecule has 2 aromatic rings. The van der Waals surface area contributed by atoms with Gasteiger partial charge in [0.1, 0.15) is 0 Å². The Morgan fingerprint density at radius 2 is 1.78 bits per heavy atom. The van der Waals surface area contributed by atoms with Crippen molar-refractivity contribution in [1.82, 2.24) is 0 Å². The van der Waals surface area contributed by atoms with Crippen LogP contribution in [0, 0.1) is 6.92 Å². The first kappa shape index (κ1) is 15.0. The number of allylic oxidation sites excluding steroid dienone is 2. The lowest BCUT2D eigenvalue weighted by atomic mass is 9.85. The summed E-state index contributed by atoms with van der Waals surface area (Å²) in [7, 11) is 2.57. The lowest BCUT2D eigenvalue weighted by Gasteiger charge is -2.19. The van der Waals surface area contributed by atoms with Crippen molar-refractivity contribution < 1.29 is 23.9 Å². The van der Waals surface area contributed by atoms with Gasteiger partial charge < -0.3 is 9.47 Å². The summed E-state index contributed by atoms with van der Waals surface area (Å²) in [5, 5.41) is 1.31. The fourth-order valence-electron chi connectivity index (χ4n) is 2.80. The molecule has 0 unspecified atom stereocenters. The maximum absolute atomic E-state index is 12.7. The van der Waals surface area contributed by atoms with Gasteiger partial charge in [0.15, 0.2) is 11.5 Å². The minimum Gasteiger partial charge on any atom is -0.492 e. The number of hydrogen-bond donors (Lipinski definition) is 0. The summed E-state index contributed by atoms with van der Waals surface area (Å²) < 4.78 is 9.77. The highest BCUT2D eigenvalue weighted by Crippen LogP contribution is 2.33. The van der Waals surface area contributed by atoms with Crippen molar-refractivity contribution in [2.24, 2.45) is 0 Å². The predicted octanol–water partition coefficient (Wildman–Crippen LogP) is 2.84. The highest BCUT2D eigenvalue weighted by Gasteiger charge is 2.33. The molecule has 3 rings (SSSR count). The van der Waals surface area contributed by atoms with Crippen molar-refractivity contribution in [1.29, 1.82) is 0 Å². The van der Waals surface area contributed by atoms with Crippen LogP contribution in [0.4, 0.5) is 0 Å². The van der Waals surface area contributed by atoms with Crippen molar-refractivity contribution in [3.8, 4) is 0 Å². The molecule has 0 radical (unpaired) electrons. The lowest BCUT2D eigenvalue weighted by Crippen LogP contribution is -2.22. The lowest BCUT2D eigenvalue weighted by molar-refractivity contribution is 0.0597. The van der Waals surface area contributed by atoms with Gasteiger partial charge in [-0.25, -0.2) is 4.79 Å². The summed E-state index contributed by atoms with van der Waals surface area (Å²) in [4.78, 5) is 37.2. The van der Waals surface area contributed by atoms with Gasteiger partial charge in [-0.2, -0.15) is 0 Å². The summed E-state index contributed by atoms with van der Waals surface area (Å²) in [5.74, 6) is -1.55. The van der Waals surface area contributed by atoms with Crippen molar-refractivity contribution in [2.45, 2.75) is 6.92 Å². The molecule has 1 aliphatic rings. The molecule has 1 aliphatic carbocycles. The molecule has 5 heteroatoms. The highest BCUT2D eigenvalue weighted by molar-refractivity contribution is 6.30. The van der Waals surface area contributed by atoms with Crippen LogP contribution in [0.25, 0.3) is 10.8 Å². The molecule has 5 nitrogen and oxygen atoms in total. The topological polar surface area (TPSA) is 69.7 Å². The van der Waals surface area contributed by atoms with Gasteiger partial charge in [-0.1, -0.05) is 23.8 Å². The van der Waals surface area contributed by atoms with Gasteiger partial charge >= 0.3 is 5.97 Å². The molecule has 0 N–H and O–H groups in total. The minimum atomic E-state index is -0.654. The number of carbonyl (C=O) groups excluding carboxylic acids is 3. The van der Waals surface area contributed by atoms with E-state index in [9.17, 15) is 14.4 Å². The zero-order valence-corrected chi connectivity index (χ0v) is 12.9. The number of hydrogen-bond acceptors (Lipinski definition) is 5. The van der Waals surface area contributed by atoms with Gasteiger partial charge in [0.25, 0.3) is 0 Å². The van der Waals surface area contributed by atoms with Crippen LogP contribution >= 0.6 is 0 Å². The standard InChI is InChI=1S/C18H14O5/c1-9-4-5-10-7-12(18(21)23-3)15-13(19)8-14(22-2)17(20)16(15)11(10)6-9/h4-8H,1-3H3. The second kappa shape index (κ2) is 5.35. The number of Topliss-reactive ketones (excluding diaryl/α,β-unsaturated/α-hetero) is 1. The van der Waals surface area contributed by atoms with Crippen molar-refractivity contribution in [3.63, 3.8) is 0 Å². The maximum atomic E-state index is 12.7. The van der Waals surface area contributed by atoms with E-state index in [0.29, 0.717) is 10.8 Å². The number of methoxy groups -OCH3 is 2. The van der Waals surface area contributed by atoms with Gasteiger partial charge in [0.2, 0.25) is 5.78 Å². The van der Waals surface area contributed by atoms with E-state index in [1.807, 2.05) is 19.1 Å². The van der Waals surface area contributed by atoms with E-state index in [4.69, 9.17) is 9.47 Å². The van der Waals surface area contributed by atoms with E-state index in [0.717, 1.165) is 11.6 Å². The third-order valence-corrected chi connectivity index (χ3v) is 3.88. The first-order chi connectivity index (χ1) is 11.0. The summed E-state index contributed by atoms with van der Waals surface area (Å²) in [6.45, 7) is 1.89. The summed E-state index contributed by atoms with van der Waals surface area (Å²) in [6, 6.07) is 7.08. The number of ketones is 2. The molecule has 23 heavy (non-hydrogen) atoms. The highest BCUT2D eigenvalue weighted by atomic mass is 16.5. The van der Waals surface area contributed by atoms with Crippen molar-refractivity contribution in [3.05, 3.63) is 58.4 Å². The van der Waals surface area contributed by atoms with Crippen LogP contribution in [0.15, 0.2) is 36.1 Å². The Morgan fingerprint density at radius 1 is 1.04 bits per heavy atom. The van der Waals surface area contributed by atoms with Crippen LogP contribution in [0.2, 0.25) is 0 Å². The van der Waals surface area contributed by atoms with Crippen LogP contribution in [0.1, 0.15) is 36.6 Å². The van der Waals surface area contributed by atoms with Gasteiger partial charge in [0.05, 0.1) is 19.8 Å². The Bertz CT molecular complexity index is 905. The average Bonchev–Trinajstić information content (AvgIpc) is 2.55. The number of benzene rings is 2. The second-order valence-electron chi connectivity index (χ2n) is 5.30. The molecule has 0 bridgehead atoms. The third-order valence-electron chi connectivity index (χ3n) is 3.88. The van der Waals surface area contributed by atoms with Gasteiger partial charge in [-0.05, 0) is 23.8 Å². The molecule has 116 valence electrons. The Hall–Kier alpha value is -2.95. The van der Waals surface area contributed by atoms with Gasteiger partial charge in [-0.3, -0.25) is 9.59 Å².